The maximum Gasteiger partial charge on any atom is 0.362 e. The van der Waals surface area contributed by atoms with Crippen LogP contribution in [0, 0.1) is 0 Å². The quantitative estimate of drug-likeness (QED) is 0.477. The Bertz CT molecular complexity index is 146. The fourth-order valence-corrected chi connectivity index (χ4v) is 1.04. The van der Waals surface area contributed by atoms with Gasteiger partial charge >= 0.3 is 5.97 Å². The first-order valence-corrected chi connectivity index (χ1v) is 4.05. The van der Waals surface area contributed by atoms with Gasteiger partial charge in [0.25, 0.3) is 0 Å². The summed E-state index contributed by atoms with van der Waals surface area (Å²) in [5.41, 5.74) is 0. The van der Waals surface area contributed by atoms with Crippen LogP contribution < -0.4 is 24.0 Å². The van der Waals surface area contributed by atoms with Crippen LogP contribution in [0.3, 0.4) is 0 Å². The molecule has 1 atom stereocenters. The van der Waals surface area contributed by atoms with Gasteiger partial charge in [-0.05, 0) is 20.8 Å². The summed E-state index contributed by atoms with van der Waals surface area (Å²) in [4.78, 5) is 10.6. The van der Waals surface area contributed by atoms with E-state index in [4.69, 9.17) is 5.11 Å². The minimum Gasteiger partial charge on any atom is -1.00 e. The predicted molar refractivity (Wildman–Crippen MR) is 44.4 cm³/mol. The fourth-order valence-electron chi connectivity index (χ4n) is 1.04. The first-order valence-electron chi connectivity index (χ1n) is 4.05. The van der Waals surface area contributed by atoms with E-state index in [9.17, 15) is 4.79 Å². The Hall–Kier alpha value is 0.160. The highest BCUT2D eigenvalue weighted by molar-refractivity contribution is 5.71. The lowest BCUT2D eigenvalue weighted by Crippen LogP contribution is -3.00. The van der Waals surface area contributed by atoms with Crippen molar-refractivity contribution >= 4 is 5.97 Å². The van der Waals surface area contributed by atoms with E-state index in [0.717, 1.165) is 13.1 Å². The number of hydrogen-bond donors (Lipinski definition) is 1. The van der Waals surface area contributed by atoms with Crippen molar-refractivity contribution in [3.8, 4) is 0 Å². The molecule has 0 saturated carbocycles. The van der Waals surface area contributed by atoms with Crippen molar-refractivity contribution in [3.63, 3.8) is 0 Å². The molecule has 0 heterocycles. The van der Waals surface area contributed by atoms with Crippen LogP contribution >= 0.6 is 0 Å². The molecule has 0 aromatic heterocycles. The molecule has 0 radical (unpaired) electrons. The van der Waals surface area contributed by atoms with Gasteiger partial charge in [-0.25, -0.2) is 4.79 Å². The van der Waals surface area contributed by atoms with Crippen molar-refractivity contribution in [2.24, 2.45) is 0 Å². The van der Waals surface area contributed by atoms with Gasteiger partial charge in [0, 0.05) is 0 Å². The second-order valence-corrected chi connectivity index (χ2v) is 3.13. The Morgan fingerprint density at radius 3 is 1.83 bits per heavy atom. The molecular weight excluding hydrogens is 269 g/mol. The molecule has 0 aliphatic carbocycles. The molecule has 0 aliphatic heterocycles. The van der Waals surface area contributed by atoms with Crippen molar-refractivity contribution in [1.82, 2.24) is 0 Å². The Morgan fingerprint density at radius 1 is 1.42 bits per heavy atom. The molecule has 0 aromatic carbocycles. The number of nitrogens with zero attached hydrogens (tertiary/aromatic N) is 1. The SMILES string of the molecule is CC[N+](C)(CC)C(C)C(=O)O.[I-]. The van der Waals surface area contributed by atoms with Gasteiger partial charge in [-0.1, -0.05) is 0 Å². The summed E-state index contributed by atoms with van der Waals surface area (Å²) in [5.74, 6) is -0.712. The van der Waals surface area contributed by atoms with Crippen LogP contribution in [-0.2, 0) is 4.79 Å². The molecule has 0 bridgehead atoms. The highest BCUT2D eigenvalue weighted by atomic mass is 127. The summed E-state index contributed by atoms with van der Waals surface area (Å²) in [6, 6.07) is -0.301. The molecule has 74 valence electrons. The van der Waals surface area contributed by atoms with Crippen LogP contribution in [-0.4, -0.2) is 41.7 Å². The number of likely N-dealkylation sites (N-methyl/N-ethyl adjacent to an activating group) is 1. The van der Waals surface area contributed by atoms with E-state index in [2.05, 4.69) is 0 Å². The van der Waals surface area contributed by atoms with Crippen LogP contribution in [0.2, 0.25) is 0 Å². The van der Waals surface area contributed by atoms with Gasteiger partial charge in [0.05, 0.1) is 20.1 Å². The van der Waals surface area contributed by atoms with Gasteiger partial charge in [-0.15, -0.1) is 0 Å². The average Bonchev–Trinajstić information content (AvgIpc) is 2.01. The van der Waals surface area contributed by atoms with Crippen LogP contribution in [0.4, 0.5) is 0 Å². The van der Waals surface area contributed by atoms with Crippen LogP contribution in [0.5, 0.6) is 0 Å². The third-order valence-electron chi connectivity index (χ3n) is 2.74. The van der Waals surface area contributed by atoms with Crippen molar-refractivity contribution < 1.29 is 38.4 Å². The van der Waals surface area contributed by atoms with Crippen LogP contribution in [0.25, 0.3) is 0 Å². The lowest BCUT2D eigenvalue weighted by Gasteiger charge is -2.35. The topological polar surface area (TPSA) is 37.3 Å². The van der Waals surface area contributed by atoms with E-state index in [1.165, 1.54) is 0 Å². The van der Waals surface area contributed by atoms with Crippen molar-refractivity contribution in [1.29, 1.82) is 0 Å². The van der Waals surface area contributed by atoms with Gasteiger partial charge in [0.1, 0.15) is 0 Å². The standard InChI is InChI=1S/C8H17NO2.HI/c1-5-9(4,6-2)7(3)8(10)11;/h7H,5-6H2,1-4H3;1H. The highest BCUT2D eigenvalue weighted by Crippen LogP contribution is 2.08. The number of quaternary nitrogens is 1. The minimum atomic E-state index is -0.712. The molecule has 0 saturated heterocycles. The summed E-state index contributed by atoms with van der Waals surface area (Å²) in [6.45, 7) is 7.52. The minimum absolute atomic E-state index is 0. The lowest BCUT2D eigenvalue weighted by molar-refractivity contribution is -0.920. The summed E-state index contributed by atoms with van der Waals surface area (Å²) in [5, 5.41) is 8.76. The average molecular weight is 287 g/mol. The molecule has 1 N–H and O–H groups in total. The molecule has 1 unspecified atom stereocenters. The van der Waals surface area contributed by atoms with Crippen LogP contribution in [0.15, 0.2) is 0 Å². The molecule has 0 spiro atoms. The molecular formula is C8H18INO2. The summed E-state index contributed by atoms with van der Waals surface area (Å²) < 4.78 is 0.606. The lowest BCUT2D eigenvalue weighted by atomic mass is 10.2. The second kappa shape index (κ2) is 5.75. The van der Waals surface area contributed by atoms with E-state index < -0.39 is 5.97 Å². The molecule has 0 aliphatic rings. The van der Waals surface area contributed by atoms with Crippen molar-refractivity contribution in [3.05, 3.63) is 0 Å². The zero-order valence-electron chi connectivity index (χ0n) is 8.17. The number of aliphatic carboxylic acids is 1. The van der Waals surface area contributed by atoms with Crippen molar-refractivity contribution in [2.45, 2.75) is 26.8 Å². The van der Waals surface area contributed by atoms with Gasteiger partial charge in [0.15, 0.2) is 6.04 Å². The molecule has 0 fully saturated rings. The molecule has 4 heteroatoms. The zero-order valence-corrected chi connectivity index (χ0v) is 10.3. The molecule has 0 aromatic rings. The van der Waals surface area contributed by atoms with E-state index in [1.807, 2.05) is 20.9 Å². The van der Waals surface area contributed by atoms with E-state index in [0.29, 0.717) is 4.48 Å². The Balaban J connectivity index is 0. The Kier molecular flexibility index (Phi) is 7.02. The van der Waals surface area contributed by atoms with Gasteiger partial charge in [-0.2, -0.15) is 0 Å². The number of carboxylic acids is 1. The number of hydrogen-bond acceptors (Lipinski definition) is 1. The summed E-state index contributed by atoms with van der Waals surface area (Å²) in [6.07, 6.45) is 0. The second-order valence-electron chi connectivity index (χ2n) is 3.13. The maximum atomic E-state index is 10.6. The van der Waals surface area contributed by atoms with Crippen molar-refractivity contribution in [2.75, 3.05) is 20.1 Å². The van der Waals surface area contributed by atoms with Gasteiger partial charge in [-0.3, -0.25) is 0 Å². The molecule has 12 heavy (non-hydrogen) atoms. The predicted octanol–water partition coefficient (Wildman–Crippen LogP) is -2.05. The maximum absolute atomic E-state index is 10.6. The number of rotatable bonds is 4. The number of carbonyl (C=O) groups is 1. The first kappa shape index (κ1) is 14.7. The third kappa shape index (κ3) is 3.26. The zero-order chi connectivity index (χ0) is 9.07. The van der Waals surface area contributed by atoms with Gasteiger partial charge < -0.3 is 33.6 Å². The third-order valence-corrected chi connectivity index (χ3v) is 2.74. The summed E-state index contributed by atoms with van der Waals surface area (Å²) >= 11 is 0. The Labute approximate surface area is 91.4 Å². The smallest absolute Gasteiger partial charge is 0.362 e. The van der Waals surface area contributed by atoms with E-state index in [-0.39, 0.29) is 30.0 Å². The highest BCUT2D eigenvalue weighted by Gasteiger charge is 2.30. The van der Waals surface area contributed by atoms with Crippen LogP contribution in [0.1, 0.15) is 20.8 Å². The van der Waals surface area contributed by atoms with E-state index >= 15 is 0 Å². The first-order chi connectivity index (χ1) is 4.98. The summed E-state index contributed by atoms with van der Waals surface area (Å²) in [7, 11) is 1.97. The van der Waals surface area contributed by atoms with E-state index in [1.54, 1.807) is 6.92 Å². The molecule has 0 amide bonds. The molecule has 3 nitrogen and oxygen atoms in total. The Morgan fingerprint density at radius 2 is 1.75 bits per heavy atom. The van der Waals surface area contributed by atoms with Gasteiger partial charge in [0.2, 0.25) is 0 Å². The fraction of sp³-hybridized carbons (Fsp3) is 0.875. The monoisotopic (exact) mass is 287 g/mol. The number of halogens is 1. The normalized spacial score (nSPS) is 13.3. The largest absolute Gasteiger partial charge is 1.00 e. The molecule has 0 rings (SSSR count). The number of carboxylic acid groups (broad SMARTS) is 1.